The third kappa shape index (κ3) is 7.50. The van der Waals surface area contributed by atoms with Crippen LogP contribution in [-0.4, -0.2) is 86.8 Å². The molecule has 0 aliphatic carbocycles. The van der Waals surface area contributed by atoms with Crippen molar-refractivity contribution >= 4 is 50.7 Å². The van der Waals surface area contributed by atoms with Gasteiger partial charge in [-0.3, -0.25) is 19.8 Å². The van der Waals surface area contributed by atoms with Crippen LogP contribution in [0.25, 0.3) is 11.1 Å². The van der Waals surface area contributed by atoms with Gasteiger partial charge in [-0.15, -0.1) is 0 Å². The molecule has 0 saturated carbocycles. The first kappa shape index (κ1) is 33.3. The van der Waals surface area contributed by atoms with Crippen LogP contribution in [0, 0.1) is 37.5 Å². The summed E-state index contributed by atoms with van der Waals surface area (Å²) in [6.07, 6.45) is 3.96. The molecule has 2 aromatic heterocycles. The fraction of sp³-hybridized carbons (Fsp3) is 0.441. The van der Waals surface area contributed by atoms with Crippen LogP contribution in [0.2, 0.25) is 0 Å². The third-order valence-corrected chi connectivity index (χ3v) is 9.06. The predicted octanol–water partition coefficient (Wildman–Crippen LogP) is 4.79. The van der Waals surface area contributed by atoms with Crippen LogP contribution in [0.4, 0.5) is 11.5 Å². The first-order chi connectivity index (χ1) is 21.7. The SMILES string of the molecule is CC(=O)C(=N)c1cc(-c2cnc(C)nc2)cc(C)c1NCC(=O)N1CC(CN2CC(C)(C)C2)CC1C(=O)Nc1nc(Br)ccc1C. The minimum atomic E-state index is -0.659. The highest BCUT2D eigenvalue weighted by molar-refractivity contribution is 9.10. The van der Waals surface area contributed by atoms with E-state index in [1.54, 1.807) is 30.3 Å². The zero-order valence-electron chi connectivity index (χ0n) is 27.2. The molecule has 2 saturated heterocycles. The minimum absolute atomic E-state index is 0.104. The number of carbonyl (C=O) groups excluding carboxylic acids is 3. The quantitative estimate of drug-likeness (QED) is 0.204. The molecular weight excluding hydrogens is 648 g/mol. The lowest BCUT2D eigenvalue weighted by Crippen LogP contribution is -2.54. The third-order valence-electron chi connectivity index (χ3n) is 8.62. The van der Waals surface area contributed by atoms with E-state index >= 15 is 0 Å². The Morgan fingerprint density at radius 3 is 2.39 bits per heavy atom. The molecule has 2 atom stereocenters. The second-order valence-corrected chi connectivity index (χ2v) is 14.1. The van der Waals surface area contributed by atoms with Crippen molar-refractivity contribution in [2.24, 2.45) is 11.3 Å². The van der Waals surface area contributed by atoms with Crippen LogP contribution >= 0.6 is 15.9 Å². The number of halogens is 1. The molecule has 0 bridgehead atoms. The van der Waals surface area contributed by atoms with Gasteiger partial charge in [0, 0.05) is 62.3 Å². The number of carbonyl (C=O) groups is 3. The summed E-state index contributed by atoms with van der Waals surface area (Å²) in [7, 11) is 0. The molecule has 0 radical (unpaired) electrons. The highest BCUT2D eigenvalue weighted by atomic mass is 79.9. The van der Waals surface area contributed by atoms with Gasteiger partial charge in [0.15, 0.2) is 5.78 Å². The first-order valence-corrected chi connectivity index (χ1v) is 16.2. The van der Waals surface area contributed by atoms with Crippen LogP contribution in [0.15, 0.2) is 41.3 Å². The average molecular weight is 690 g/mol. The van der Waals surface area contributed by atoms with Gasteiger partial charge in [-0.25, -0.2) is 15.0 Å². The van der Waals surface area contributed by atoms with Gasteiger partial charge < -0.3 is 20.4 Å². The normalized spacial score (nSPS) is 19.0. The molecule has 242 valence electrons. The lowest BCUT2D eigenvalue weighted by molar-refractivity contribution is -0.135. The fourth-order valence-corrected chi connectivity index (χ4v) is 6.76. The van der Waals surface area contributed by atoms with Crippen molar-refractivity contribution in [2.75, 3.05) is 43.4 Å². The summed E-state index contributed by atoms with van der Waals surface area (Å²) >= 11 is 3.38. The molecule has 1 aromatic carbocycles. The van der Waals surface area contributed by atoms with E-state index < -0.39 is 11.8 Å². The molecule has 3 N–H and O–H groups in total. The molecule has 5 rings (SSSR count). The van der Waals surface area contributed by atoms with Crippen LogP contribution in [-0.2, 0) is 14.4 Å². The maximum absolute atomic E-state index is 13.9. The number of hydrogen-bond acceptors (Lipinski definition) is 9. The first-order valence-electron chi connectivity index (χ1n) is 15.4. The van der Waals surface area contributed by atoms with Crippen molar-refractivity contribution in [3.05, 3.63) is 63.8 Å². The number of likely N-dealkylation sites (tertiary alicyclic amines) is 2. The van der Waals surface area contributed by atoms with E-state index in [4.69, 9.17) is 5.41 Å². The Hall–Kier alpha value is -4.03. The molecule has 2 unspecified atom stereocenters. The lowest BCUT2D eigenvalue weighted by Gasteiger charge is -2.46. The van der Waals surface area contributed by atoms with Gasteiger partial charge in [0.05, 0.1) is 6.54 Å². The zero-order chi connectivity index (χ0) is 33.3. The summed E-state index contributed by atoms with van der Waals surface area (Å²) < 4.78 is 0.610. The lowest BCUT2D eigenvalue weighted by atomic mass is 9.83. The number of hydrogen-bond donors (Lipinski definition) is 3. The summed E-state index contributed by atoms with van der Waals surface area (Å²) in [6.45, 7) is 14.5. The second-order valence-electron chi connectivity index (χ2n) is 13.3. The Labute approximate surface area is 278 Å². The largest absolute Gasteiger partial charge is 0.375 e. The molecule has 3 aromatic rings. The molecule has 12 heteroatoms. The fourth-order valence-electron chi connectivity index (χ4n) is 6.45. The maximum atomic E-state index is 13.9. The molecule has 2 amide bonds. The molecule has 46 heavy (non-hydrogen) atoms. The molecule has 2 aliphatic heterocycles. The summed E-state index contributed by atoms with van der Waals surface area (Å²) in [4.78, 5) is 56.9. The van der Waals surface area contributed by atoms with E-state index in [9.17, 15) is 14.4 Å². The van der Waals surface area contributed by atoms with Crippen LogP contribution in [0.1, 0.15) is 49.7 Å². The smallest absolute Gasteiger partial charge is 0.248 e. The number of pyridine rings is 1. The van der Waals surface area contributed by atoms with Gasteiger partial charge >= 0.3 is 0 Å². The number of anilines is 2. The Morgan fingerprint density at radius 2 is 1.74 bits per heavy atom. The van der Waals surface area contributed by atoms with Gasteiger partial charge in [0.25, 0.3) is 0 Å². The number of Topliss-reactive ketones (excluding diaryl/α,β-unsaturated/α-hetero) is 1. The van der Waals surface area contributed by atoms with E-state index in [1.807, 2.05) is 32.0 Å². The highest BCUT2D eigenvalue weighted by Gasteiger charge is 2.42. The van der Waals surface area contributed by atoms with Gasteiger partial charge in [-0.1, -0.05) is 19.9 Å². The average Bonchev–Trinajstić information content (AvgIpc) is 3.41. The number of nitrogens with one attached hydrogen (secondary N) is 3. The van der Waals surface area contributed by atoms with Gasteiger partial charge in [0.2, 0.25) is 11.8 Å². The van der Waals surface area contributed by atoms with Crippen molar-refractivity contribution in [3.8, 4) is 11.1 Å². The number of aromatic nitrogens is 3. The van der Waals surface area contributed by atoms with E-state index in [2.05, 4.69) is 60.3 Å². The van der Waals surface area contributed by atoms with Crippen LogP contribution in [0.3, 0.4) is 0 Å². The van der Waals surface area contributed by atoms with Crippen molar-refractivity contribution in [2.45, 2.75) is 54.0 Å². The van der Waals surface area contributed by atoms with Gasteiger partial charge in [0.1, 0.15) is 28.0 Å². The van der Waals surface area contributed by atoms with Crippen LogP contribution < -0.4 is 10.6 Å². The minimum Gasteiger partial charge on any atom is -0.375 e. The van der Waals surface area contributed by atoms with Crippen molar-refractivity contribution < 1.29 is 14.4 Å². The number of benzene rings is 1. The van der Waals surface area contributed by atoms with E-state index in [0.29, 0.717) is 40.5 Å². The van der Waals surface area contributed by atoms with E-state index in [-0.39, 0.29) is 35.4 Å². The number of ketones is 1. The van der Waals surface area contributed by atoms with E-state index in [0.717, 1.165) is 41.9 Å². The predicted molar refractivity (Wildman–Crippen MR) is 182 cm³/mol. The van der Waals surface area contributed by atoms with Crippen molar-refractivity contribution in [3.63, 3.8) is 0 Å². The molecule has 11 nitrogen and oxygen atoms in total. The number of rotatable bonds is 10. The molecule has 2 fully saturated rings. The van der Waals surface area contributed by atoms with Crippen LogP contribution in [0.5, 0.6) is 0 Å². The zero-order valence-corrected chi connectivity index (χ0v) is 28.8. The van der Waals surface area contributed by atoms with Gasteiger partial charge in [-0.05, 0) is 89.3 Å². The number of aryl methyl sites for hydroxylation is 3. The monoisotopic (exact) mass is 688 g/mol. The molecule has 0 spiro atoms. The Morgan fingerprint density at radius 1 is 1.04 bits per heavy atom. The summed E-state index contributed by atoms with van der Waals surface area (Å²) in [6, 6.07) is 6.70. The van der Waals surface area contributed by atoms with Crippen molar-refractivity contribution in [1.29, 1.82) is 5.41 Å². The topological polar surface area (TPSA) is 144 Å². The summed E-state index contributed by atoms with van der Waals surface area (Å²) in [5, 5.41) is 14.7. The Kier molecular flexibility index (Phi) is 9.69. The van der Waals surface area contributed by atoms with Gasteiger partial charge in [-0.2, -0.15) is 0 Å². The van der Waals surface area contributed by atoms with E-state index in [1.165, 1.54) is 6.92 Å². The molecule has 4 heterocycles. The maximum Gasteiger partial charge on any atom is 0.248 e. The Bertz CT molecular complexity index is 1680. The summed E-state index contributed by atoms with van der Waals surface area (Å²) in [5.41, 5.74) is 4.14. The summed E-state index contributed by atoms with van der Waals surface area (Å²) in [5.74, 6) is 0.346. The number of nitrogens with zero attached hydrogens (tertiary/aromatic N) is 5. The highest BCUT2D eigenvalue weighted by Crippen LogP contribution is 2.33. The van der Waals surface area contributed by atoms with Crippen molar-refractivity contribution in [1.82, 2.24) is 24.8 Å². The number of amides is 2. The second kappa shape index (κ2) is 13.4. The molecular formula is C34H41BrN8O3. The Balaban J connectivity index is 1.37. The molecule has 2 aliphatic rings. The standard InChI is InChI=1S/C34H41BrN8O3/c1-19-7-8-28(35)40-32(19)41-33(46)27-10-23(15-42-17-34(5,6)18-42)16-43(27)29(45)14-39-31-20(2)9-24(11-26(31)30(36)21(3)44)25-12-37-22(4)38-13-25/h7-9,11-13,23,27,36,39H,10,14-18H2,1-6H3,(H,40,41,46).